The van der Waals surface area contributed by atoms with Gasteiger partial charge in [0.25, 0.3) is 0 Å². The molecule has 0 radical (unpaired) electrons. The van der Waals surface area contributed by atoms with Gasteiger partial charge < -0.3 is 5.32 Å². The lowest BCUT2D eigenvalue weighted by Crippen LogP contribution is -2.38. The first-order chi connectivity index (χ1) is 10.8. The number of carbonyl (C=O) groups excluding carboxylic acids is 1. The smallest absolute Gasteiger partial charge is 0.247 e. The number of halogens is 1. The Morgan fingerprint density at radius 3 is 2.22 bits per heavy atom. The molecule has 1 unspecified atom stereocenters. The predicted molar refractivity (Wildman–Crippen MR) is 94.6 cm³/mol. The first kappa shape index (κ1) is 17.7. The zero-order valence-corrected chi connectivity index (χ0v) is 15.1. The van der Waals surface area contributed by atoms with E-state index in [-0.39, 0.29) is 0 Å². The third-order valence-electron chi connectivity index (χ3n) is 3.38. The molecule has 7 heteroatoms. The largest absolute Gasteiger partial charge is 0.323 e. The van der Waals surface area contributed by atoms with Crippen LogP contribution >= 0.6 is 15.9 Å². The van der Waals surface area contributed by atoms with Crippen molar-refractivity contribution in [2.75, 3.05) is 18.6 Å². The fourth-order valence-electron chi connectivity index (χ4n) is 2.12. The number of carbonyl (C=O) groups is 1. The first-order valence-corrected chi connectivity index (χ1v) is 9.48. The summed E-state index contributed by atoms with van der Waals surface area (Å²) >= 11 is 3.36. The van der Waals surface area contributed by atoms with Crippen molar-refractivity contribution in [1.29, 1.82) is 0 Å². The third kappa shape index (κ3) is 4.40. The molecule has 0 saturated heterocycles. The topological polar surface area (TPSA) is 66.5 Å². The van der Waals surface area contributed by atoms with Gasteiger partial charge >= 0.3 is 0 Å². The normalized spacial score (nSPS) is 12.9. The van der Waals surface area contributed by atoms with Crippen LogP contribution in [0.4, 0.5) is 5.69 Å². The van der Waals surface area contributed by atoms with Gasteiger partial charge in [0.15, 0.2) is 0 Å². The number of benzene rings is 2. The van der Waals surface area contributed by atoms with Crippen molar-refractivity contribution in [3.05, 3.63) is 64.6 Å². The molecular formula is C16H17BrN2O3S. The van der Waals surface area contributed by atoms with Crippen molar-refractivity contribution >= 4 is 37.5 Å². The number of nitrogens with one attached hydrogen (secondary N) is 1. The van der Waals surface area contributed by atoms with Crippen LogP contribution in [0.15, 0.2) is 59.1 Å². The molecule has 0 aliphatic carbocycles. The second kappa shape index (κ2) is 7.25. The Bertz CT molecular complexity index is 794. The monoisotopic (exact) mass is 396 g/mol. The molecule has 2 aromatic carbocycles. The molecule has 23 heavy (non-hydrogen) atoms. The quantitative estimate of drug-likeness (QED) is 0.844. The number of hydrogen-bond acceptors (Lipinski definition) is 3. The molecule has 0 aliphatic heterocycles. The molecule has 122 valence electrons. The van der Waals surface area contributed by atoms with Crippen LogP contribution < -0.4 is 5.32 Å². The van der Waals surface area contributed by atoms with E-state index in [1.165, 1.54) is 7.05 Å². The summed E-state index contributed by atoms with van der Waals surface area (Å²) in [5.41, 5.74) is 1.19. The Kier molecular flexibility index (Phi) is 5.56. The summed E-state index contributed by atoms with van der Waals surface area (Å²) in [4.78, 5) is 12.7. The van der Waals surface area contributed by atoms with Crippen LogP contribution in [0.3, 0.4) is 0 Å². The van der Waals surface area contributed by atoms with Gasteiger partial charge in [0.05, 0.1) is 11.9 Å². The van der Waals surface area contributed by atoms with Crippen molar-refractivity contribution in [3.8, 4) is 0 Å². The third-order valence-corrected chi connectivity index (χ3v) is 5.33. The molecule has 0 bridgehead atoms. The van der Waals surface area contributed by atoms with E-state index in [2.05, 4.69) is 21.2 Å². The fourth-order valence-corrected chi connectivity index (χ4v) is 3.10. The standard InChI is InChI=1S/C16H17BrN2O3S/c1-19(23(2,21)22)15(12-8-4-3-5-9-12)16(20)18-14-11-7-6-10-13(14)17/h3-11,15H,1-2H3,(H,18,20). The Balaban J connectivity index is 2.38. The van der Waals surface area contributed by atoms with Gasteiger partial charge in [-0.05, 0) is 33.6 Å². The highest BCUT2D eigenvalue weighted by Gasteiger charge is 2.30. The summed E-state index contributed by atoms with van der Waals surface area (Å²) in [6.45, 7) is 0. The van der Waals surface area contributed by atoms with Crippen molar-refractivity contribution in [2.24, 2.45) is 0 Å². The molecule has 0 aliphatic rings. The van der Waals surface area contributed by atoms with Gasteiger partial charge in [0.2, 0.25) is 15.9 Å². The van der Waals surface area contributed by atoms with E-state index in [0.717, 1.165) is 15.0 Å². The van der Waals surface area contributed by atoms with Gasteiger partial charge in [-0.2, -0.15) is 4.31 Å². The number of hydrogen-bond donors (Lipinski definition) is 1. The number of nitrogens with zero attached hydrogens (tertiary/aromatic N) is 1. The van der Waals surface area contributed by atoms with Gasteiger partial charge in [-0.25, -0.2) is 8.42 Å². The zero-order valence-electron chi connectivity index (χ0n) is 12.7. The number of rotatable bonds is 5. The summed E-state index contributed by atoms with van der Waals surface area (Å²) in [5, 5.41) is 2.77. The Morgan fingerprint density at radius 1 is 1.09 bits per heavy atom. The van der Waals surface area contributed by atoms with Crippen LogP contribution in [-0.4, -0.2) is 31.9 Å². The molecule has 0 saturated carbocycles. The lowest BCUT2D eigenvalue weighted by atomic mass is 10.1. The Hall–Kier alpha value is -1.70. The van der Waals surface area contributed by atoms with Gasteiger partial charge in [-0.1, -0.05) is 42.5 Å². The molecule has 1 atom stereocenters. The van der Waals surface area contributed by atoms with E-state index in [1.54, 1.807) is 42.5 Å². The van der Waals surface area contributed by atoms with E-state index in [0.29, 0.717) is 11.3 Å². The average molecular weight is 397 g/mol. The number of para-hydroxylation sites is 1. The number of sulfonamides is 1. The number of anilines is 1. The second-order valence-electron chi connectivity index (χ2n) is 5.06. The highest BCUT2D eigenvalue weighted by Crippen LogP contribution is 2.26. The van der Waals surface area contributed by atoms with Crippen LogP contribution in [-0.2, 0) is 14.8 Å². The summed E-state index contributed by atoms with van der Waals surface area (Å²) in [6.07, 6.45) is 1.08. The van der Waals surface area contributed by atoms with E-state index < -0.39 is 22.0 Å². The lowest BCUT2D eigenvalue weighted by Gasteiger charge is -2.25. The van der Waals surface area contributed by atoms with Crippen LogP contribution in [0.2, 0.25) is 0 Å². The fraction of sp³-hybridized carbons (Fsp3) is 0.188. The Morgan fingerprint density at radius 2 is 1.65 bits per heavy atom. The van der Waals surface area contributed by atoms with E-state index in [1.807, 2.05) is 12.1 Å². The Labute approximate surface area is 144 Å². The van der Waals surface area contributed by atoms with E-state index in [9.17, 15) is 13.2 Å². The maximum Gasteiger partial charge on any atom is 0.247 e. The van der Waals surface area contributed by atoms with Gasteiger partial charge in [0, 0.05) is 11.5 Å². The molecule has 0 aromatic heterocycles. The molecule has 0 spiro atoms. The van der Waals surface area contributed by atoms with Crippen LogP contribution in [0, 0.1) is 0 Å². The summed E-state index contributed by atoms with van der Waals surface area (Å²) in [5.74, 6) is -0.420. The van der Waals surface area contributed by atoms with Crippen molar-refractivity contribution in [3.63, 3.8) is 0 Å². The SMILES string of the molecule is CN(C(C(=O)Nc1ccccc1Br)c1ccccc1)S(C)(=O)=O. The summed E-state index contributed by atoms with van der Waals surface area (Å²) in [6, 6.07) is 15.0. The van der Waals surface area contributed by atoms with E-state index in [4.69, 9.17) is 0 Å². The van der Waals surface area contributed by atoms with Crippen LogP contribution in [0.5, 0.6) is 0 Å². The first-order valence-electron chi connectivity index (χ1n) is 6.84. The van der Waals surface area contributed by atoms with Crippen LogP contribution in [0.25, 0.3) is 0 Å². The zero-order chi connectivity index (χ0) is 17.0. The molecule has 1 amide bonds. The second-order valence-corrected chi connectivity index (χ2v) is 7.96. The van der Waals surface area contributed by atoms with Crippen LogP contribution in [0.1, 0.15) is 11.6 Å². The van der Waals surface area contributed by atoms with Crippen molar-refractivity contribution < 1.29 is 13.2 Å². The molecule has 0 heterocycles. The highest BCUT2D eigenvalue weighted by molar-refractivity contribution is 9.10. The number of amides is 1. The minimum absolute atomic E-state index is 0.420. The summed E-state index contributed by atoms with van der Waals surface area (Å²) < 4.78 is 25.6. The molecule has 1 N–H and O–H groups in total. The maximum absolute atomic E-state index is 12.7. The predicted octanol–water partition coefficient (Wildman–Crippen LogP) is 3.02. The minimum atomic E-state index is -3.54. The van der Waals surface area contributed by atoms with Gasteiger partial charge in [-0.15, -0.1) is 0 Å². The molecule has 2 aromatic rings. The molecule has 2 rings (SSSR count). The lowest BCUT2D eigenvalue weighted by molar-refractivity contribution is -0.119. The molecule has 0 fully saturated rings. The van der Waals surface area contributed by atoms with Gasteiger partial charge in [-0.3, -0.25) is 4.79 Å². The number of likely N-dealkylation sites (N-methyl/N-ethyl adjacent to an activating group) is 1. The van der Waals surface area contributed by atoms with E-state index >= 15 is 0 Å². The minimum Gasteiger partial charge on any atom is -0.323 e. The van der Waals surface area contributed by atoms with Crippen molar-refractivity contribution in [2.45, 2.75) is 6.04 Å². The van der Waals surface area contributed by atoms with Crippen molar-refractivity contribution in [1.82, 2.24) is 4.31 Å². The molecule has 5 nitrogen and oxygen atoms in total. The highest BCUT2D eigenvalue weighted by atomic mass is 79.9. The molecular weight excluding hydrogens is 380 g/mol. The average Bonchev–Trinajstić information content (AvgIpc) is 2.50. The maximum atomic E-state index is 12.7. The summed E-state index contributed by atoms with van der Waals surface area (Å²) in [7, 11) is -2.14. The van der Waals surface area contributed by atoms with Gasteiger partial charge in [0.1, 0.15) is 6.04 Å².